The minimum absolute atomic E-state index is 0.186. The Labute approximate surface area is 104 Å². The highest BCUT2D eigenvalue weighted by Gasteiger charge is 2.35. The Kier molecular flexibility index (Phi) is 3.21. The maximum absolute atomic E-state index is 11.0. The van der Waals surface area contributed by atoms with Crippen molar-refractivity contribution in [2.75, 3.05) is 18.5 Å². The molecule has 2 atom stereocenters. The topological polar surface area (TPSA) is 100 Å². The fourth-order valence-electron chi connectivity index (χ4n) is 2.07. The van der Waals surface area contributed by atoms with Gasteiger partial charge in [0.15, 0.2) is 0 Å². The summed E-state index contributed by atoms with van der Waals surface area (Å²) in [4.78, 5) is 11.0. The zero-order valence-electron chi connectivity index (χ0n) is 10.2. The lowest BCUT2D eigenvalue weighted by Crippen LogP contribution is -2.34. The van der Waals surface area contributed by atoms with Crippen molar-refractivity contribution in [3.63, 3.8) is 0 Å². The lowest BCUT2D eigenvalue weighted by atomic mass is 10.0. The molecular weight excluding hydrogens is 236 g/mol. The van der Waals surface area contributed by atoms with E-state index in [9.17, 15) is 4.79 Å². The van der Waals surface area contributed by atoms with Gasteiger partial charge < -0.3 is 15.2 Å². The van der Waals surface area contributed by atoms with Crippen LogP contribution in [-0.4, -0.2) is 40.1 Å². The van der Waals surface area contributed by atoms with Crippen molar-refractivity contribution in [2.45, 2.75) is 13.0 Å². The number of hydrogen-bond donors (Lipinski definition) is 2. The third-order valence-electron chi connectivity index (χ3n) is 3.05. The summed E-state index contributed by atoms with van der Waals surface area (Å²) >= 11 is 0. The number of anilines is 1. The number of nitriles is 1. The maximum Gasteiger partial charge on any atom is 0.311 e. The van der Waals surface area contributed by atoms with Crippen molar-refractivity contribution >= 4 is 11.8 Å². The van der Waals surface area contributed by atoms with Crippen molar-refractivity contribution < 1.29 is 14.6 Å². The minimum atomic E-state index is -0.901. The molecule has 0 aliphatic carbocycles. The quantitative estimate of drug-likeness (QED) is 0.789. The van der Waals surface area contributed by atoms with Gasteiger partial charge in [-0.1, -0.05) is 0 Å². The summed E-state index contributed by atoms with van der Waals surface area (Å²) in [6.45, 7) is 2.24. The van der Waals surface area contributed by atoms with Crippen molar-refractivity contribution in [3.8, 4) is 6.07 Å². The summed E-state index contributed by atoms with van der Waals surface area (Å²) in [6, 6.07) is 1.73. The average molecular weight is 250 g/mol. The molecule has 96 valence electrons. The SMILES string of the molecule is Cc1nn(C)c(NC2COCC2C(=O)O)c1C#N. The van der Waals surface area contributed by atoms with Gasteiger partial charge in [0.05, 0.1) is 24.9 Å². The number of aromatic nitrogens is 2. The first kappa shape index (κ1) is 12.4. The van der Waals surface area contributed by atoms with Gasteiger partial charge in [-0.15, -0.1) is 0 Å². The molecule has 2 unspecified atom stereocenters. The number of nitrogens with one attached hydrogen (secondary N) is 1. The second kappa shape index (κ2) is 4.66. The van der Waals surface area contributed by atoms with E-state index in [-0.39, 0.29) is 12.6 Å². The molecule has 2 rings (SSSR count). The van der Waals surface area contributed by atoms with Gasteiger partial charge in [0.1, 0.15) is 23.4 Å². The van der Waals surface area contributed by atoms with Crippen LogP contribution in [0.2, 0.25) is 0 Å². The molecule has 1 aliphatic heterocycles. The van der Waals surface area contributed by atoms with Crippen LogP contribution in [0.1, 0.15) is 11.3 Å². The zero-order valence-corrected chi connectivity index (χ0v) is 10.2. The standard InChI is InChI=1S/C11H14N4O3/c1-6-7(3-12)10(15(2)14-6)13-9-5-18-4-8(9)11(16)17/h8-9,13H,4-5H2,1-2H3,(H,16,17). The highest BCUT2D eigenvalue weighted by molar-refractivity contribution is 5.72. The lowest BCUT2D eigenvalue weighted by Gasteiger charge is -2.17. The Bertz CT molecular complexity index is 517. The van der Waals surface area contributed by atoms with E-state index in [0.717, 1.165) is 0 Å². The van der Waals surface area contributed by atoms with E-state index < -0.39 is 11.9 Å². The van der Waals surface area contributed by atoms with Gasteiger partial charge in [0.25, 0.3) is 0 Å². The van der Waals surface area contributed by atoms with E-state index in [1.54, 1.807) is 18.7 Å². The zero-order chi connectivity index (χ0) is 13.3. The molecule has 0 spiro atoms. The van der Waals surface area contributed by atoms with Crippen molar-refractivity contribution in [1.29, 1.82) is 5.26 Å². The van der Waals surface area contributed by atoms with Crippen LogP contribution in [-0.2, 0) is 16.6 Å². The number of carboxylic acid groups (broad SMARTS) is 1. The van der Waals surface area contributed by atoms with Gasteiger partial charge in [-0.05, 0) is 6.92 Å². The van der Waals surface area contributed by atoms with E-state index in [0.29, 0.717) is 23.7 Å². The van der Waals surface area contributed by atoms with E-state index in [4.69, 9.17) is 15.1 Å². The van der Waals surface area contributed by atoms with Crippen LogP contribution in [0.3, 0.4) is 0 Å². The number of carboxylic acids is 1. The summed E-state index contributed by atoms with van der Waals surface area (Å²) in [5, 5.41) is 25.3. The predicted octanol–water partition coefficient (Wildman–Crippen LogP) is 0.112. The number of rotatable bonds is 3. The number of ether oxygens (including phenoxy) is 1. The first-order chi connectivity index (χ1) is 8.54. The van der Waals surface area contributed by atoms with Crippen LogP contribution < -0.4 is 5.32 Å². The van der Waals surface area contributed by atoms with E-state index >= 15 is 0 Å². The van der Waals surface area contributed by atoms with Crippen LogP contribution in [0.15, 0.2) is 0 Å². The molecule has 1 aromatic heterocycles. The molecule has 1 aliphatic rings. The molecule has 1 aromatic rings. The largest absolute Gasteiger partial charge is 0.481 e. The van der Waals surface area contributed by atoms with Crippen molar-refractivity contribution in [1.82, 2.24) is 9.78 Å². The molecule has 0 aromatic carbocycles. The Balaban J connectivity index is 2.24. The Morgan fingerprint density at radius 3 is 3.00 bits per heavy atom. The van der Waals surface area contributed by atoms with E-state index in [1.807, 2.05) is 0 Å². The third kappa shape index (κ3) is 2.02. The summed E-state index contributed by atoms with van der Waals surface area (Å²) in [5.74, 6) is -0.967. The summed E-state index contributed by atoms with van der Waals surface area (Å²) in [6.07, 6.45) is 0. The Morgan fingerprint density at radius 2 is 2.39 bits per heavy atom. The fourth-order valence-corrected chi connectivity index (χ4v) is 2.07. The first-order valence-corrected chi connectivity index (χ1v) is 5.55. The molecule has 1 saturated heterocycles. The Hall–Kier alpha value is -2.07. The second-order valence-electron chi connectivity index (χ2n) is 4.28. The fraction of sp³-hybridized carbons (Fsp3) is 0.545. The monoisotopic (exact) mass is 250 g/mol. The highest BCUT2D eigenvalue weighted by atomic mass is 16.5. The van der Waals surface area contributed by atoms with Crippen molar-refractivity contribution in [3.05, 3.63) is 11.3 Å². The molecule has 2 heterocycles. The number of hydrogen-bond acceptors (Lipinski definition) is 5. The Morgan fingerprint density at radius 1 is 1.67 bits per heavy atom. The molecule has 7 nitrogen and oxygen atoms in total. The third-order valence-corrected chi connectivity index (χ3v) is 3.05. The van der Waals surface area contributed by atoms with Gasteiger partial charge in [0, 0.05) is 7.05 Å². The number of aliphatic carboxylic acids is 1. The second-order valence-corrected chi connectivity index (χ2v) is 4.28. The number of aryl methyl sites for hydroxylation is 2. The van der Waals surface area contributed by atoms with Crippen LogP contribution in [0.5, 0.6) is 0 Å². The molecule has 7 heteroatoms. The first-order valence-electron chi connectivity index (χ1n) is 5.55. The molecule has 18 heavy (non-hydrogen) atoms. The molecule has 0 bridgehead atoms. The maximum atomic E-state index is 11.0. The normalized spacial score (nSPS) is 22.7. The molecular formula is C11H14N4O3. The van der Waals surface area contributed by atoms with Gasteiger partial charge in [-0.3, -0.25) is 9.48 Å². The lowest BCUT2D eigenvalue weighted by molar-refractivity contribution is -0.141. The summed E-state index contributed by atoms with van der Waals surface area (Å²) in [5.41, 5.74) is 1.06. The molecule has 1 fully saturated rings. The molecule has 2 N–H and O–H groups in total. The van der Waals surface area contributed by atoms with Crippen LogP contribution in [0.4, 0.5) is 5.82 Å². The van der Waals surface area contributed by atoms with Crippen LogP contribution in [0.25, 0.3) is 0 Å². The van der Waals surface area contributed by atoms with E-state index in [1.165, 1.54) is 0 Å². The minimum Gasteiger partial charge on any atom is -0.481 e. The van der Waals surface area contributed by atoms with E-state index in [2.05, 4.69) is 16.5 Å². The highest BCUT2D eigenvalue weighted by Crippen LogP contribution is 2.23. The van der Waals surface area contributed by atoms with Crippen LogP contribution in [0, 0.1) is 24.2 Å². The van der Waals surface area contributed by atoms with Crippen molar-refractivity contribution in [2.24, 2.45) is 13.0 Å². The van der Waals surface area contributed by atoms with Gasteiger partial charge in [-0.25, -0.2) is 0 Å². The van der Waals surface area contributed by atoms with Crippen LogP contribution >= 0.6 is 0 Å². The number of carbonyl (C=O) groups is 1. The average Bonchev–Trinajstić information content (AvgIpc) is 2.85. The van der Waals surface area contributed by atoms with Gasteiger partial charge in [-0.2, -0.15) is 10.4 Å². The molecule has 0 radical (unpaired) electrons. The molecule has 0 saturated carbocycles. The summed E-state index contributed by atoms with van der Waals surface area (Å²) < 4.78 is 6.71. The molecule has 0 amide bonds. The predicted molar refractivity (Wildman–Crippen MR) is 62.0 cm³/mol. The van der Waals surface area contributed by atoms with Gasteiger partial charge >= 0.3 is 5.97 Å². The number of nitrogens with zero attached hydrogens (tertiary/aromatic N) is 3. The summed E-state index contributed by atoms with van der Waals surface area (Å²) in [7, 11) is 1.71. The van der Waals surface area contributed by atoms with Gasteiger partial charge in [0.2, 0.25) is 0 Å². The smallest absolute Gasteiger partial charge is 0.311 e.